The van der Waals surface area contributed by atoms with Crippen LogP contribution in [0.3, 0.4) is 0 Å². The van der Waals surface area contributed by atoms with Crippen LogP contribution in [0.15, 0.2) is 53.6 Å². The van der Waals surface area contributed by atoms with E-state index in [4.69, 9.17) is 4.74 Å². The summed E-state index contributed by atoms with van der Waals surface area (Å²) in [6.07, 6.45) is 0. The van der Waals surface area contributed by atoms with Crippen molar-refractivity contribution in [3.63, 3.8) is 0 Å². The normalized spacial score (nSPS) is 10.1. The van der Waals surface area contributed by atoms with Crippen LogP contribution in [0.1, 0.15) is 0 Å². The Morgan fingerprint density at radius 3 is 2.64 bits per heavy atom. The molecule has 0 spiro atoms. The summed E-state index contributed by atoms with van der Waals surface area (Å²) in [5, 5.41) is 19.5. The molecule has 0 unspecified atom stereocenters. The molecule has 0 fully saturated rings. The molecular weight excluding hydrogens is 310 g/mol. The molecule has 9 heteroatoms. The zero-order chi connectivity index (χ0) is 15.8. The van der Waals surface area contributed by atoms with Crippen LogP contribution in [-0.2, 0) is 24.5 Å². The Morgan fingerprint density at radius 1 is 1.18 bits per heavy atom. The molecule has 2 aromatic rings. The standard InChI is InChI=1S/C13H13N3O5S/c1-19-13-9-11(14-10-5-3-2-4-6-10)7-8-12(13)15-16-22(18)21-20-17/h2-9,14,17H,1H3/p-1. The predicted molar refractivity (Wildman–Crippen MR) is 77.2 cm³/mol. The van der Waals surface area contributed by atoms with Crippen LogP contribution in [0.5, 0.6) is 5.75 Å². The van der Waals surface area contributed by atoms with Crippen molar-refractivity contribution in [3.05, 3.63) is 48.5 Å². The first kappa shape index (κ1) is 16.0. The Morgan fingerprint density at radius 2 is 1.95 bits per heavy atom. The van der Waals surface area contributed by atoms with Crippen molar-refractivity contribution in [1.29, 1.82) is 0 Å². The molecular formula is C13H12N3O5S-. The lowest BCUT2D eigenvalue weighted by Gasteiger charge is -2.08. The van der Waals surface area contributed by atoms with Crippen LogP contribution in [0, 0.1) is 0 Å². The molecule has 0 aromatic heterocycles. The maximum atomic E-state index is 11.0. The van der Waals surface area contributed by atoms with Crippen LogP contribution < -0.4 is 19.5 Å². The second-order valence-corrected chi connectivity index (χ2v) is 4.65. The Kier molecular flexibility index (Phi) is 5.90. The average Bonchev–Trinajstić information content (AvgIpc) is 2.54. The number of nitrogens with zero attached hydrogens (tertiary/aromatic N) is 2. The number of nitrogens with one attached hydrogen (secondary N) is 1. The Labute approximate surface area is 128 Å². The summed E-state index contributed by atoms with van der Waals surface area (Å²) in [4.78, 5) is 0. The minimum Gasteiger partial charge on any atom is -0.693 e. The van der Waals surface area contributed by atoms with Crippen molar-refractivity contribution in [2.75, 3.05) is 12.4 Å². The van der Waals surface area contributed by atoms with Gasteiger partial charge in [0.15, 0.2) is 11.4 Å². The summed E-state index contributed by atoms with van der Waals surface area (Å²) in [7, 11) is -0.848. The van der Waals surface area contributed by atoms with E-state index in [0.717, 1.165) is 11.4 Å². The third kappa shape index (κ3) is 4.55. The molecule has 0 saturated carbocycles. The van der Waals surface area contributed by atoms with Gasteiger partial charge < -0.3 is 24.6 Å². The molecule has 0 aliphatic heterocycles. The highest BCUT2D eigenvalue weighted by Gasteiger charge is 2.07. The molecule has 0 atom stereocenters. The molecule has 8 nitrogen and oxygen atoms in total. The second kappa shape index (κ2) is 8.13. The van der Waals surface area contributed by atoms with E-state index >= 15 is 0 Å². The SMILES string of the molecule is COc1cc(Nc2ccccc2)ccc1N=[N+]=[S-](=O)OO[O-]. The molecule has 116 valence electrons. The van der Waals surface area contributed by atoms with Gasteiger partial charge in [0, 0.05) is 17.4 Å². The smallest absolute Gasteiger partial charge is 0.294 e. The van der Waals surface area contributed by atoms with Crippen molar-refractivity contribution >= 4 is 27.9 Å². The van der Waals surface area contributed by atoms with Gasteiger partial charge >= 0.3 is 0 Å². The highest BCUT2D eigenvalue weighted by Crippen LogP contribution is 2.31. The number of ether oxygens (including phenoxy) is 1. The Balaban J connectivity index is 2.24. The van der Waals surface area contributed by atoms with E-state index in [-0.39, 0.29) is 0 Å². The Hall–Kier alpha value is -2.42. The van der Waals surface area contributed by atoms with E-state index in [9.17, 15) is 9.47 Å². The lowest BCUT2D eigenvalue weighted by molar-refractivity contribution is -0.777. The average molecular weight is 322 g/mol. The van der Waals surface area contributed by atoms with Gasteiger partial charge in [-0.1, -0.05) is 18.2 Å². The lowest BCUT2D eigenvalue weighted by atomic mass is 10.2. The van der Waals surface area contributed by atoms with Gasteiger partial charge in [0.05, 0.1) is 7.11 Å². The van der Waals surface area contributed by atoms with Crippen LogP contribution in [-0.4, -0.2) is 7.11 Å². The van der Waals surface area contributed by atoms with Crippen LogP contribution in [0.25, 0.3) is 0 Å². The summed E-state index contributed by atoms with van der Waals surface area (Å²) in [5.74, 6) is 0.407. The lowest BCUT2D eigenvalue weighted by Crippen LogP contribution is -2.04. The van der Waals surface area contributed by atoms with Gasteiger partial charge in [-0.05, 0) is 28.4 Å². The van der Waals surface area contributed by atoms with E-state index < -0.39 is 10.9 Å². The number of hydrogen-bond acceptors (Lipinski definition) is 8. The molecule has 2 rings (SSSR count). The molecule has 22 heavy (non-hydrogen) atoms. The predicted octanol–water partition coefficient (Wildman–Crippen LogP) is 1.88. The van der Waals surface area contributed by atoms with E-state index in [2.05, 4.69) is 24.0 Å². The van der Waals surface area contributed by atoms with Gasteiger partial charge in [0.2, 0.25) is 0 Å². The van der Waals surface area contributed by atoms with Crippen molar-refractivity contribution < 1.29 is 23.6 Å². The molecule has 0 heterocycles. The third-order valence-electron chi connectivity index (χ3n) is 2.54. The summed E-state index contributed by atoms with van der Waals surface area (Å²) in [6.45, 7) is 0. The van der Waals surface area contributed by atoms with Gasteiger partial charge in [-0.15, -0.1) is 0 Å². The van der Waals surface area contributed by atoms with Crippen molar-refractivity contribution in [1.82, 2.24) is 4.16 Å². The van der Waals surface area contributed by atoms with Gasteiger partial charge in [-0.3, -0.25) is 0 Å². The molecule has 0 radical (unpaired) electrons. The molecule has 1 N–H and O–H groups in total. The van der Waals surface area contributed by atoms with Gasteiger partial charge in [0.1, 0.15) is 5.11 Å². The number of hydrogen-bond donors (Lipinski definition) is 1. The van der Waals surface area contributed by atoms with Crippen molar-refractivity contribution in [2.24, 2.45) is 5.11 Å². The van der Waals surface area contributed by atoms with E-state index in [1.54, 1.807) is 18.2 Å². The van der Waals surface area contributed by atoms with Gasteiger partial charge in [-0.2, -0.15) is 0 Å². The molecule has 0 bridgehead atoms. The Bertz CT molecular complexity index is 741. The topological polar surface area (TPSA) is 106 Å². The first-order valence-electron chi connectivity index (χ1n) is 6.03. The van der Waals surface area contributed by atoms with Crippen molar-refractivity contribution in [2.45, 2.75) is 0 Å². The molecule has 0 saturated heterocycles. The fourth-order valence-electron chi connectivity index (χ4n) is 1.64. The fraction of sp³-hybridized carbons (Fsp3) is 0.0769. The quantitative estimate of drug-likeness (QED) is 0.286. The van der Waals surface area contributed by atoms with Crippen molar-refractivity contribution in [3.8, 4) is 5.75 Å². The molecule has 2 aromatic carbocycles. The maximum Gasteiger partial charge on any atom is 0.294 e. The molecule has 0 aliphatic rings. The highest BCUT2D eigenvalue weighted by atomic mass is 32.2. The number of anilines is 2. The van der Waals surface area contributed by atoms with Crippen LogP contribution in [0.4, 0.5) is 17.1 Å². The highest BCUT2D eigenvalue weighted by molar-refractivity contribution is 7.68. The fourth-order valence-corrected chi connectivity index (χ4v) is 1.87. The summed E-state index contributed by atoms with van der Waals surface area (Å²) in [5.41, 5.74) is 2.02. The minimum atomic E-state index is -2.32. The van der Waals surface area contributed by atoms with Crippen LogP contribution in [0.2, 0.25) is 0 Å². The third-order valence-corrected chi connectivity index (χ3v) is 2.93. The van der Waals surface area contributed by atoms with E-state index in [0.29, 0.717) is 11.4 Å². The second-order valence-electron chi connectivity index (χ2n) is 3.91. The van der Waals surface area contributed by atoms with Gasteiger partial charge in [-0.25, -0.2) is 4.33 Å². The monoisotopic (exact) mass is 322 g/mol. The van der Waals surface area contributed by atoms with Gasteiger partial charge in [0.25, 0.3) is 10.9 Å². The maximum absolute atomic E-state index is 11.0. The van der Waals surface area contributed by atoms with E-state index in [1.165, 1.54) is 7.11 Å². The zero-order valence-electron chi connectivity index (χ0n) is 11.5. The first-order valence-corrected chi connectivity index (χ1v) is 7.07. The minimum absolute atomic E-state index is 0.323. The number of rotatable bonds is 6. The molecule has 0 aliphatic carbocycles. The van der Waals surface area contributed by atoms with Crippen LogP contribution >= 0.6 is 0 Å². The number of para-hydroxylation sites is 1. The number of methoxy groups -OCH3 is 1. The summed E-state index contributed by atoms with van der Waals surface area (Å²) >= 11 is 0. The summed E-state index contributed by atoms with van der Waals surface area (Å²) in [6, 6.07) is 14.6. The molecule has 0 amide bonds. The largest absolute Gasteiger partial charge is 0.693 e. The van der Waals surface area contributed by atoms with E-state index in [1.807, 2.05) is 30.3 Å². The zero-order valence-corrected chi connectivity index (χ0v) is 12.3. The number of benzene rings is 2. The first-order chi connectivity index (χ1) is 10.7. The summed E-state index contributed by atoms with van der Waals surface area (Å²) < 4.78 is 23.2.